The van der Waals surface area contributed by atoms with Gasteiger partial charge in [0.25, 0.3) is 5.91 Å². The van der Waals surface area contributed by atoms with Crippen molar-refractivity contribution in [2.45, 2.75) is 46.5 Å². The molecule has 164 valence electrons. The summed E-state index contributed by atoms with van der Waals surface area (Å²) in [5.74, 6) is -0.430. The molecule has 3 heterocycles. The smallest absolute Gasteiger partial charge is 0.270 e. The van der Waals surface area contributed by atoms with E-state index in [1.54, 1.807) is 22.8 Å². The number of hydrogen-bond donors (Lipinski definition) is 1. The van der Waals surface area contributed by atoms with E-state index in [-0.39, 0.29) is 23.5 Å². The van der Waals surface area contributed by atoms with E-state index in [1.165, 1.54) is 0 Å². The lowest BCUT2D eigenvalue weighted by Crippen LogP contribution is -2.40. The van der Waals surface area contributed by atoms with Crippen molar-refractivity contribution in [2.24, 2.45) is 0 Å². The van der Waals surface area contributed by atoms with Gasteiger partial charge in [-0.15, -0.1) is 0 Å². The number of carbonyl (C=O) groups is 2. The Morgan fingerprint density at radius 3 is 2.50 bits per heavy atom. The number of nitrogens with zero attached hydrogens (tertiary/aromatic N) is 2. The van der Waals surface area contributed by atoms with E-state index in [0.717, 1.165) is 30.3 Å². The maximum Gasteiger partial charge on any atom is 0.270 e. The van der Waals surface area contributed by atoms with Gasteiger partial charge in [0.05, 0.1) is 18.7 Å². The topological polar surface area (TPSA) is 65.6 Å². The zero-order chi connectivity index (χ0) is 21.8. The van der Waals surface area contributed by atoms with Gasteiger partial charge in [0.15, 0.2) is 5.82 Å². The molecule has 0 spiro atoms. The number of piperidine rings is 1. The number of aromatic amines is 1. The molecular formula is C23H32FN3O3. The van der Waals surface area contributed by atoms with E-state index in [9.17, 15) is 9.59 Å². The first-order valence-corrected chi connectivity index (χ1v) is 10.9. The first-order valence-electron chi connectivity index (χ1n) is 10.9. The van der Waals surface area contributed by atoms with Gasteiger partial charge in [-0.3, -0.25) is 9.59 Å². The lowest BCUT2D eigenvalue weighted by molar-refractivity contribution is -0.130. The van der Waals surface area contributed by atoms with Crippen LogP contribution in [0.5, 0.6) is 0 Å². The Morgan fingerprint density at radius 1 is 1.13 bits per heavy atom. The number of benzene rings is 1. The molecule has 1 N–H and O–H groups in total. The molecule has 0 aliphatic carbocycles. The lowest BCUT2D eigenvalue weighted by atomic mass is 9.88. The molecule has 2 saturated heterocycles. The number of H-pyrrole nitrogens is 1. The molecule has 2 aliphatic rings. The molecule has 1 atom stereocenters. The van der Waals surface area contributed by atoms with E-state index in [1.807, 2.05) is 26.8 Å². The van der Waals surface area contributed by atoms with Gasteiger partial charge < -0.3 is 19.5 Å². The molecule has 1 aromatic carbocycles. The van der Waals surface area contributed by atoms with Crippen LogP contribution in [-0.4, -0.2) is 66.0 Å². The van der Waals surface area contributed by atoms with Crippen molar-refractivity contribution in [3.63, 3.8) is 0 Å². The number of morpholine rings is 1. The summed E-state index contributed by atoms with van der Waals surface area (Å²) in [5.41, 5.74) is 2.35. The summed E-state index contributed by atoms with van der Waals surface area (Å²) in [6, 6.07) is 3.63. The number of rotatable bonds is 2. The molecule has 30 heavy (non-hydrogen) atoms. The SMILES string of the molecule is CC.CC(=O)N1CCCC(c2cc(C)c3cc(C(=O)N4CCOCC4)[nH]c3c2F)C1. The maximum atomic E-state index is 15.4. The molecule has 6 nitrogen and oxygen atoms in total. The Kier molecular flexibility index (Phi) is 7.13. The van der Waals surface area contributed by atoms with E-state index in [0.29, 0.717) is 49.6 Å². The third-order valence-corrected chi connectivity index (χ3v) is 5.92. The summed E-state index contributed by atoms with van der Waals surface area (Å²) in [6.45, 7) is 10.9. The number of aromatic nitrogens is 1. The first kappa shape index (κ1) is 22.3. The molecule has 2 aromatic rings. The van der Waals surface area contributed by atoms with Crippen LogP contribution in [0.25, 0.3) is 10.9 Å². The second-order valence-electron chi connectivity index (χ2n) is 7.78. The minimum absolute atomic E-state index is 0.0255. The van der Waals surface area contributed by atoms with E-state index >= 15 is 4.39 Å². The summed E-state index contributed by atoms with van der Waals surface area (Å²) in [7, 11) is 0. The molecule has 0 saturated carbocycles. The number of nitrogens with one attached hydrogen (secondary N) is 1. The van der Waals surface area contributed by atoms with Gasteiger partial charge in [-0.25, -0.2) is 4.39 Å². The molecule has 2 fully saturated rings. The predicted octanol–water partition coefficient (Wildman–Crippen LogP) is 3.84. The molecule has 2 aliphatic heterocycles. The van der Waals surface area contributed by atoms with Crippen LogP contribution in [-0.2, 0) is 9.53 Å². The van der Waals surface area contributed by atoms with Crippen LogP contribution in [0, 0.1) is 12.7 Å². The van der Waals surface area contributed by atoms with Gasteiger partial charge in [-0.2, -0.15) is 0 Å². The standard InChI is InChI=1S/C21H26FN3O3.C2H6/c1-13-10-17(15-4-3-5-25(12-15)14(2)26)19(22)20-16(13)11-18(23-20)21(27)24-6-8-28-9-7-24;1-2/h10-11,15,23H,3-9,12H2,1-2H3;1-2H3. The Balaban J connectivity index is 0.00000124. The first-order chi connectivity index (χ1) is 14.5. The molecule has 1 unspecified atom stereocenters. The number of hydrogen-bond acceptors (Lipinski definition) is 3. The number of ether oxygens (including phenoxy) is 1. The van der Waals surface area contributed by atoms with Crippen molar-refractivity contribution >= 4 is 22.7 Å². The van der Waals surface area contributed by atoms with Crippen molar-refractivity contribution < 1.29 is 18.7 Å². The minimum atomic E-state index is -0.308. The Morgan fingerprint density at radius 2 is 1.83 bits per heavy atom. The van der Waals surface area contributed by atoms with Gasteiger partial charge in [-0.1, -0.05) is 19.9 Å². The van der Waals surface area contributed by atoms with Crippen LogP contribution in [0.4, 0.5) is 4.39 Å². The van der Waals surface area contributed by atoms with E-state index in [4.69, 9.17) is 4.74 Å². The van der Waals surface area contributed by atoms with Gasteiger partial charge in [0.2, 0.25) is 5.91 Å². The zero-order valence-electron chi connectivity index (χ0n) is 18.4. The largest absolute Gasteiger partial charge is 0.378 e. The van der Waals surface area contributed by atoms with Gasteiger partial charge in [0, 0.05) is 44.4 Å². The third kappa shape index (κ3) is 4.36. The fourth-order valence-electron chi connectivity index (χ4n) is 4.32. The average Bonchev–Trinajstić information content (AvgIpc) is 3.24. The number of likely N-dealkylation sites (tertiary alicyclic amines) is 1. The van der Waals surface area contributed by atoms with Crippen LogP contribution < -0.4 is 0 Å². The molecule has 1 aromatic heterocycles. The summed E-state index contributed by atoms with van der Waals surface area (Å²) in [5, 5.41) is 0.733. The molecular weight excluding hydrogens is 385 g/mol. The second-order valence-corrected chi connectivity index (χ2v) is 7.78. The van der Waals surface area contributed by atoms with E-state index < -0.39 is 0 Å². The summed E-state index contributed by atoms with van der Waals surface area (Å²) >= 11 is 0. The van der Waals surface area contributed by atoms with Crippen LogP contribution in [0.2, 0.25) is 0 Å². The monoisotopic (exact) mass is 417 g/mol. The Bertz CT molecular complexity index is 918. The van der Waals surface area contributed by atoms with Crippen molar-refractivity contribution in [3.05, 3.63) is 34.8 Å². The van der Waals surface area contributed by atoms with E-state index in [2.05, 4.69) is 4.98 Å². The maximum absolute atomic E-state index is 15.4. The molecule has 0 bridgehead atoms. The van der Waals surface area contributed by atoms with Crippen LogP contribution in [0.1, 0.15) is 61.1 Å². The van der Waals surface area contributed by atoms with Crippen molar-refractivity contribution in [3.8, 4) is 0 Å². The minimum Gasteiger partial charge on any atom is -0.378 e. The van der Waals surface area contributed by atoms with Gasteiger partial charge >= 0.3 is 0 Å². The predicted molar refractivity (Wildman–Crippen MR) is 115 cm³/mol. The quantitative estimate of drug-likeness (QED) is 0.807. The van der Waals surface area contributed by atoms with Crippen molar-refractivity contribution in [2.75, 3.05) is 39.4 Å². The summed E-state index contributed by atoms with van der Waals surface area (Å²) in [6.07, 6.45) is 1.72. The fraction of sp³-hybridized carbons (Fsp3) is 0.565. The Labute approximate surface area is 177 Å². The highest BCUT2D eigenvalue weighted by molar-refractivity contribution is 5.99. The van der Waals surface area contributed by atoms with Crippen molar-refractivity contribution in [1.82, 2.24) is 14.8 Å². The van der Waals surface area contributed by atoms with Gasteiger partial charge in [0.1, 0.15) is 5.69 Å². The fourth-order valence-corrected chi connectivity index (χ4v) is 4.32. The van der Waals surface area contributed by atoms with Crippen LogP contribution >= 0.6 is 0 Å². The number of amides is 2. The number of halogens is 1. The summed E-state index contributed by atoms with van der Waals surface area (Å²) < 4.78 is 20.7. The number of aryl methyl sites for hydroxylation is 1. The second kappa shape index (κ2) is 9.60. The van der Waals surface area contributed by atoms with Crippen LogP contribution in [0.15, 0.2) is 12.1 Å². The highest BCUT2D eigenvalue weighted by Crippen LogP contribution is 2.34. The summed E-state index contributed by atoms with van der Waals surface area (Å²) in [4.78, 5) is 31.1. The highest BCUT2D eigenvalue weighted by Gasteiger charge is 2.28. The molecule has 2 amide bonds. The normalized spacial score (nSPS) is 19.4. The number of carbonyl (C=O) groups excluding carboxylic acids is 2. The third-order valence-electron chi connectivity index (χ3n) is 5.92. The van der Waals surface area contributed by atoms with Crippen molar-refractivity contribution in [1.29, 1.82) is 0 Å². The number of fused-ring (bicyclic) bond motifs is 1. The molecule has 0 radical (unpaired) electrons. The molecule has 7 heteroatoms. The highest BCUT2D eigenvalue weighted by atomic mass is 19.1. The molecule has 4 rings (SSSR count). The Hall–Kier alpha value is -2.41. The lowest BCUT2D eigenvalue weighted by Gasteiger charge is -2.32. The zero-order valence-corrected chi connectivity index (χ0v) is 18.4. The van der Waals surface area contributed by atoms with Crippen LogP contribution in [0.3, 0.4) is 0 Å². The average molecular weight is 418 g/mol. The van der Waals surface area contributed by atoms with Gasteiger partial charge in [-0.05, 0) is 37.0 Å².